The second kappa shape index (κ2) is 11.7. The van der Waals surface area contributed by atoms with Gasteiger partial charge in [0.2, 0.25) is 0 Å². The number of halogens is 1. The van der Waals surface area contributed by atoms with Gasteiger partial charge in [0.15, 0.2) is 5.43 Å². The van der Waals surface area contributed by atoms with Gasteiger partial charge in [0, 0.05) is 61.1 Å². The Balaban J connectivity index is 1.62. The SMILES string of the molecule is Cc1csc(CNC(=O)c2c(Cc3cccc(F)c3)n(CCCN3CCOCC3)c(C)cc2=O)n1. The largest absolute Gasteiger partial charge is 0.379 e. The van der Waals surface area contributed by atoms with Crippen molar-refractivity contribution in [2.45, 2.75) is 39.8 Å². The molecule has 0 saturated carbocycles. The second-order valence-electron chi connectivity index (χ2n) is 8.80. The fourth-order valence-electron chi connectivity index (χ4n) is 4.41. The molecule has 0 aliphatic carbocycles. The number of hydrogen-bond donors (Lipinski definition) is 1. The average molecular weight is 499 g/mol. The van der Waals surface area contributed by atoms with Gasteiger partial charge in [0.1, 0.15) is 16.4 Å². The molecule has 186 valence electrons. The third-order valence-corrected chi connectivity index (χ3v) is 7.11. The van der Waals surface area contributed by atoms with Crippen LogP contribution in [-0.2, 0) is 24.2 Å². The molecule has 0 atom stereocenters. The van der Waals surface area contributed by atoms with Crippen LogP contribution in [0.15, 0.2) is 40.5 Å². The van der Waals surface area contributed by atoms with E-state index in [9.17, 15) is 14.0 Å². The number of benzene rings is 1. The topological polar surface area (TPSA) is 76.5 Å². The molecule has 0 bridgehead atoms. The molecule has 0 spiro atoms. The zero-order chi connectivity index (χ0) is 24.8. The first kappa shape index (κ1) is 25.2. The van der Waals surface area contributed by atoms with E-state index in [4.69, 9.17) is 4.74 Å². The monoisotopic (exact) mass is 498 g/mol. The number of carbonyl (C=O) groups is 1. The van der Waals surface area contributed by atoms with Crippen LogP contribution in [0, 0.1) is 19.7 Å². The van der Waals surface area contributed by atoms with Crippen molar-refractivity contribution in [2.75, 3.05) is 32.8 Å². The number of pyridine rings is 1. The molecule has 1 aliphatic heterocycles. The number of aryl methyl sites for hydroxylation is 2. The van der Waals surface area contributed by atoms with E-state index in [-0.39, 0.29) is 29.8 Å². The number of thiazole rings is 1. The number of morpholine rings is 1. The van der Waals surface area contributed by atoms with Crippen LogP contribution in [0.2, 0.25) is 0 Å². The van der Waals surface area contributed by atoms with Gasteiger partial charge in [-0.2, -0.15) is 0 Å². The molecule has 9 heteroatoms. The molecule has 0 radical (unpaired) electrons. The number of rotatable bonds is 9. The Kier molecular flexibility index (Phi) is 8.43. The van der Waals surface area contributed by atoms with Gasteiger partial charge in [0.25, 0.3) is 5.91 Å². The number of carbonyl (C=O) groups excluding carboxylic acids is 1. The maximum Gasteiger partial charge on any atom is 0.257 e. The summed E-state index contributed by atoms with van der Waals surface area (Å²) in [4.78, 5) is 33.1. The third-order valence-electron chi connectivity index (χ3n) is 6.14. The van der Waals surface area contributed by atoms with Crippen molar-refractivity contribution >= 4 is 17.2 Å². The molecule has 7 nitrogen and oxygen atoms in total. The van der Waals surface area contributed by atoms with Gasteiger partial charge < -0.3 is 14.6 Å². The molecule has 1 amide bonds. The fourth-order valence-corrected chi connectivity index (χ4v) is 5.13. The summed E-state index contributed by atoms with van der Waals surface area (Å²) in [6.45, 7) is 8.88. The lowest BCUT2D eigenvalue weighted by atomic mass is 10.0. The van der Waals surface area contributed by atoms with Crippen molar-refractivity contribution in [3.63, 3.8) is 0 Å². The molecule has 1 N–H and O–H groups in total. The summed E-state index contributed by atoms with van der Waals surface area (Å²) >= 11 is 1.47. The number of aromatic nitrogens is 2. The van der Waals surface area contributed by atoms with Crippen molar-refractivity contribution in [1.29, 1.82) is 0 Å². The molecule has 0 unspecified atom stereocenters. The molecule has 3 aromatic rings. The van der Waals surface area contributed by atoms with Gasteiger partial charge in [-0.25, -0.2) is 9.37 Å². The van der Waals surface area contributed by atoms with E-state index in [2.05, 4.69) is 15.2 Å². The Morgan fingerprint density at radius 1 is 1.20 bits per heavy atom. The lowest BCUT2D eigenvalue weighted by molar-refractivity contribution is 0.0369. The van der Waals surface area contributed by atoms with Crippen LogP contribution in [0.3, 0.4) is 0 Å². The molecule has 3 heterocycles. The molecule has 1 aliphatic rings. The Labute approximate surface area is 208 Å². The van der Waals surface area contributed by atoms with E-state index < -0.39 is 5.91 Å². The van der Waals surface area contributed by atoms with E-state index in [1.165, 1.54) is 29.5 Å². The molecule has 1 fully saturated rings. The first-order chi connectivity index (χ1) is 16.9. The molecule has 35 heavy (non-hydrogen) atoms. The van der Waals surface area contributed by atoms with Crippen LogP contribution in [-0.4, -0.2) is 53.2 Å². The lowest BCUT2D eigenvalue weighted by Crippen LogP contribution is -2.37. The van der Waals surface area contributed by atoms with Crippen molar-refractivity contribution in [2.24, 2.45) is 0 Å². The van der Waals surface area contributed by atoms with Crippen molar-refractivity contribution in [3.8, 4) is 0 Å². The van der Waals surface area contributed by atoms with Crippen molar-refractivity contribution in [3.05, 3.63) is 85.0 Å². The number of hydrogen-bond acceptors (Lipinski definition) is 6. The fraction of sp³-hybridized carbons (Fsp3) is 0.423. The highest BCUT2D eigenvalue weighted by Crippen LogP contribution is 2.17. The number of nitrogens with zero attached hydrogens (tertiary/aromatic N) is 3. The minimum atomic E-state index is -0.434. The van der Waals surface area contributed by atoms with Crippen LogP contribution in [0.25, 0.3) is 0 Å². The Hall–Kier alpha value is -2.88. The van der Waals surface area contributed by atoms with Crippen molar-refractivity contribution in [1.82, 2.24) is 19.8 Å². The summed E-state index contributed by atoms with van der Waals surface area (Å²) in [5.41, 5.74) is 2.78. The van der Waals surface area contributed by atoms with Gasteiger partial charge in [-0.05, 0) is 38.0 Å². The maximum absolute atomic E-state index is 13.9. The van der Waals surface area contributed by atoms with E-state index in [1.807, 2.05) is 29.9 Å². The standard InChI is InChI=1S/C26H31FN4O3S/c1-18-17-35-24(29-18)16-28-26(33)25-22(15-20-5-3-6-21(27)14-20)31(19(2)13-23(25)32)8-4-7-30-9-11-34-12-10-30/h3,5-6,13-14,17H,4,7-12,15-16H2,1-2H3,(H,28,33). The summed E-state index contributed by atoms with van der Waals surface area (Å²) in [6, 6.07) is 7.82. The Morgan fingerprint density at radius 3 is 2.71 bits per heavy atom. The molecule has 2 aromatic heterocycles. The average Bonchev–Trinajstić information content (AvgIpc) is 3.25. The van der Waals surface area contributed by atoms with Crippen LogP contribution in [0.1, 0.15) is 44.4 Å². The minimum absolute atomic E-state index is 0.111. The highest BCUT2D eigenvalue weighted by molar-refractivity contribution is 7.09. The van der Waals surface area contributed by atoms with Gasteiger partial charge in [-0.15, -0.1) is 11.3 Å². The van der Waals surface area contributed by atoms with Crippen molar-refractivity contribution < 1.29 is 13.9 Å². The number of ether oxygens (including phenoxy) is 1. The van der Waals surface area contributed by atoms with E-state index >= 15 is 0 Å². The zero-order valence-electron chi connectivity index (χ0n) is 20.2. The first-order valence-corrected chi connectivity index (χ1v) is 12.8. The highest BCUT2D eigenvalue weighted by Gasteiger charge is 2.21. The number of amides is 1. The van der Waals surface area contributed by atoms with E-state index in [0.717, 1.165) is 55.7 Å². The van der Waals surface area contributed by atoms with E-state index in [1.54, 1.807) is 6.07 Å². The Morgan fingerprint density at radius 2 is 2.00 bits per heavy atom. The summed E-state index contributed by atoms with van der Waals surface area (Å²) in [6.07, 6.45) is 1.14. The summed E-state index contributed by atoms with van der Waals surface area (Å²) < 4.78 is 21.4. The minimum Gasteiger partial charge on any atom is -0.379 e. The van der Waals surface area contributed by atoms with Gasteiger partial charge in [0.05, 0.1) is 19.8 Å². The molecular formula is C26H31FN4O3S. The first-order valence-electron chi connectivity index (χ1n) is 11.9. The molecular weight excluding hydrogens is 467 g/mol. The smallest absolute Gasteiger partial charge is 0.257 e. The predicted molar refractivity (Wildman–Crippen MR) is 135 cm³/mol. The van der Waals surface area contributed by atoms with Crippen LogP contribution < -0.4 is 10.7 Å². The second-order valence-corrected chi connectivity index (χ2v) is 9.75. The lowest BCUT2D eigenvalue weighted by Gasteiger charge is -2.27. The molecule has 1 aromatic carbocycles. The maximum atomic E-state index is 13.9. The van der Waals surface area contributed by atoms with Gasteiger partial charge in [-0.1, -0.05) is 12.1 Å². The summed E-state index contributed by atoms with van der Waals surface area (Å²) in [5, 5.41) is 5.56. The number of nitrogens with one attached hydrogen (secondary N) is 1. The Bertz CT molecular complexity index is 1230. The van der Waals surface area contributed by atoms with E-state index in [0.29, 0.717) is 17.8 Å². The summed E-state index contributed by atoms with van der Waals surface area (Å²) in [5.74, 6) is -0.780. The summed E-state index contributed by atoms with van der Waals surface area (Å²) in [7, 11) is 0. The highest BCUT2D eigenvalue weighted by atomic mass is 32.1. The van der Waals surface area contributed by atoms with Crippen LogP contribution >= 0.6 is 11.3 Å². The van der Waals surface area contributed by atoms with Gasteiger partial charge >= 0.3 is 0 Å². The third kappa shape index (κ3) is 6.62. The zero-order valence-corrected chi connectivity index (χ0v) is 21.0. The van der Waals surface area contributed by atoms with Crippen LogP contribution in [0.4, 0.5) is 4.39 Å². The normalized spacial score (nSPS) is 14.3. The van der Waals surface area contributed by atoms with Gasteiger partial charge in [-0.3, -0.25) is 14.5 Å². The molecule has 4 rings (SSSR count). The molecule has 1 saturated heterocycles. The predicted octanol–water partition coefficient (Wildman–Crippen LogP) is 3.30. The van der Waals surface area contributed by atoms with Crippen LogP contribution in [0.5, 0.6) is 0 Å². The quantitative estimate of drug-likeness (QED) is 0.490.